The van der Waals surface area contributed by atoms with Gasteiger partial charge in [0, 0.05) is 25.4 Å². The molecule has 0 aromatic carbocycles. The molecule has 0 radical (unpaired) electrons. The Labute approximate surface area is 152 Å². The van der Waals surface area contributed by atoms with E-state index < -0.39 is 0 Å². The first kappa shape index (κ1) is 17.2. The molecule has 2 aromatic rings. The molecule has 0 N–H and O–H groups in total. The van der Waals surface area contributed by atoms with Gasteiger partial charge in [0.15, 0.2) is 0 Å². The predicted octanol–water partition coefficient (Wildman–Crippen LogP) is 2.28. The summed E-state index contributed by atoms with van der Waals surface area (Å²) in [6, 6.07) is 3.92. The average Bonchev–Trinajstić information content (AvgIpc) is 2.97. The van der Waals surface area contributed by atoms with Crippen LogP contribution in [0.3, 0.4) is 0 Å². The van der Waals surface area contributed by atoms with Crippen LogP contribution in [0.1, 0.15) is 40.2 Å². The Kier molecular flexibility index (Phi) is 4.50. The molecule has 7 nitrogen and oxygen atoms in total. The van der Waals surface area contributed by atoms with E-state index in [2.05, 4.69) is 10.1 Å². The first-order chi connectivity index (χ1) is 12.6. The van der Waals surface area contributed by atoms with Crippen molar-refractivity contribution in [3.63, 3.8) is 0 Å². The lowest BCUT2D eigenvalue weighted by Gasteiger charge is -2.52. The number of aryl methyl sites for hydroxylation is 2. The number of likely N-dealkylation sites (tertiary alicyclic amines) is 1. The summed E-state index contributed by atoms with van der Waals surface area (Å²) in [5, 5.41) is 3.87. The summed E-state index contributed by atoms with van der Waals surface area (Å²) in [4.78, 5) is 18.6. The molecule has 2 aliphatic rings. The van der Waals surface area contributed by atoms with E-state index in [1.54, 1.807) is 24.9 Å². The molecule has 0 aliphatic carbocycles. The van der Waals surface area contributed by atoms with Gasteiger partial charge in [0.2, 0.25) is 0 Å². The second kappa shape index (κ2) is 6.81. The van der Waals surface area contributed by atoms with Crippen molar-refractivity contribution in [3.8, 4) is 0 Å². The number of carbonyl (C=O) groups excluding carboxylic acids is 1. The molecular formula is C19H23N3O4. The van der Waals surface area contributed by atoms with Crippen LogP contribution in [0, 0.1) is 13.8 Å². The third kappa shape index (κ3) is 3.24. The van der Waals surface area contributed by atoms with Crippen molar-refractivity contribution < 1.29 is 18.8 Å². The van der Waals surface area contributed by atoms with Crippen LogP contribution in [-0.4, -0.2) is 52.3 Å². The van der Waals surface area contributed by atoms with E-state index in [1.807, 2.05) is 18.3 Å². The smallest absolute Gasteiger partial charge is 0.259 e. The summed E-state index contributed by atoms with van der Waals surface area (Å²) >= 11 is 0. The van der Waals surface area contributed by atoms with Crippen LogP contribution < -0.4 is 0 Å². The second-order valence-corrected chi connectivity index (χ2v) is 7.18. The predicted molar refractivity (Wildman–Crippen MR) is 92.6 cm³/mol. The molecule has 1 spiro atoms. The Balaban J connectivity index is 1.33. The molecule has 0 bridgehead atoms. The van der Waals surface area contributed by atoms with Crippen LogP contribution in [0.15, 0.2) is 29.0 Å². The van der Waals surface area contributed by atoms with Crippen LogP contribution in [0.25, 0.3) is 0 Å². The minimum absolute atomic E-state index is 0.0334. The van der Waals surface area contributed by atoms with E-state index >= 15 is 0 Å². The van der Waals surface area contributed by atoms with E-state index in [1.165, 1.54) is 0 Å². The molecule has 1 atom stereocenters. The Morgan fingerprint density at radius 2 is 2.27 bits per heavy atom. The monoisotopic (exact) mass is 357 g/mol. The van der Waals surface area contributed by atoms with Crippen LogP contribution in [0.5, 0.6) is 0 Å². The first-order valence-electron chi connectivity index (χ1n) is 8.93. The maximum absolute atomic E-state index is 12.7. The summed E-state index contributed by atoms with van der Waals surface area (Å²) in [6.07, 6.45) is 5.40. The molecule has 7 heteroatoms. The van der Waals surface area contributed by atoms with Crippen molar-refractivity contribution in [2.75, 3.05) is 19.7 Å². The van der Waals surface area contributed by atoms with Gasteiger partial charge < -0.3 is 18.9 Å². The average molecular weight is 357 g/mol. The summed E-state index contributed by atoms with van der Waals surface area (Å²) in [5.41, 5.74) is 1.99. The van der Waals surface area contributed by atoms with Crippen molar-refractivity contribution in [2.45, 2.75) is 45.0 Å². The van der Waals surface area contributed by atoms with Crippen LogP contribution >= 0.6 is 0 Å². The SMILES string of the molecule is Cc1noc(C)c1C(=O)N1CC2(CC(OCc3cccnc3)CCO2)C1. The van der Waals surface area contributed by atoms with E-state index in [0.717, 1.165) is 18.4 Å². The molecule has 138 valence electrons. The third-order valence-corrected chi connectivity index (χ3v) is 5.15. The van der Waals surface area contributed by atoms with Crippen molar-refractivity contribution in [1.82, 2.24) is 15.0 Å². The first-order valence-corrected chi connectivity index (χ1v) is 8.93. The van der Waals surface area contributed by atoms with E-state index in [4.69, 9.17) is 14.0 Å². The lowest BCUT2D eigenvalue weighted by molar-refractivity contribution is -0.188. The summed E-state index contributed by atoms with van der Waals surface area (Å²) in [5.74, 6) is 0.532. The highest BCUT2D eigenvalue weighted by Gasteiger charge is 2.50. The van der Waals surface area contributed by atoms with Crippen LogP contribution in [0.2, 0.25) is 0 Å². The van der Waals surface area contributed by atoms with Crippen molar-refractivity contribution in [2.24, 2.45) is 0 Å². The molecule has 2 aromatic heterocycles. The molecular weight excluding hydrogens is 334 g/mol. The molecule has 2 saturated heterocycles. The minimum Gasteiger partial charge on any atom is -0.373 e. The minimum atomic E-state index is -0.285. The van der Waals surface area contributed by atoms with Gasteiger partial charge in [0.25, 0.3) is 5.91 Å². The number of aromatic nitrogens is 2. The van der Waals surface area contributed by atoms with Gasteiger partial charge >= 0.3 is 0 Å². The highest BCUT2D eigenvalue weighted by atomic mass is 16.5. The largest absolute Gasteiger partial charge is 0.373 e. The molecule has 2 fully saturated rings. The summed E-state index contributed by atoms with van der Waals surface area (Å²) in [7, 11) is 0. The number of amides is 1. The number of pyridine rings is 1. The van der Waals surface area contributed by atoms with Gasteiger partial charge in [-0.25, -0.2) is 0 Å². The zero-order chi connectivity index (χ0) is 18.1. The Morgan fingerprint density at radius 1 is 1.42 bits per heavy atom. The molecule has 4 rings (SSSR count). The lowest BCUT2D eigenvalue weighted by Crippen LogP contribution is -2.67. The summed E-state index contributed by atoms with van der Waals surface area (Å²) in [6.45, 7) is 5.94. The normalized spacial score (nSPS) is 21.6. The number of ether oxygens (including phenoxy) is 2. The van der Waals surface area contributed by atoms with Gasteiger partial charge in [-0.05, 0) is 31.9 Å². The lowest BCUT2D eigenvalue weighted by atomic mass is 9.84. The molecule has 4 heterocycles. The van der Waals surface area contributed by atoms with E-state index in [-0.39, 0.29) is 17.6 Å². The van der Waals surface area contributed by atoms with Gasteiger partial charge in [-0.1, -0.05) is 11.2 Å². The number of hydrogen-bond acceptors (Lipinski definition) is 6. The molecule has 1 unspecified atom stereocenters. The Hall–Kier alpha value is -2.25. The highest BCUT2D eigenvalue weighted by Crippen LogP contribution is 2.36. The van der Waals surface area contributed by atoms with Crippen LogP contribution in [-0.2, 0) is 16.1 Å². The van der Waals surface area contributed by atoms with Crippen LogP contribution in [0.4, 0.5) is 0 Å². The van der Waals surface area contributed by atoms with Crippen molar-refractivity contribution in [3.05, 3.63) is 47.1 Å². The molecule has 26 heavy (non-hydrogen) atoms. The highest BCUT2D eigenvalue weighted by molar-refractivity contribution is 5.96. The van der Waals surface area contributed by atoms with Crippen molar-refractivity contribution >= 4 is 5.91 Å². The van der Waals surface area contributed by atoms with Gasteiger partial charge in [-0.15, -0.1) is 0 Å². The molecule has 1 amide bonds. The quantitative estimate of drug-likeness (QED) is 0.835. The maximum Gasteiger partial charge on any atom is 0.259 e. The van der Waals surface area contributed by atoms with Crippen molar-refractivity contribution in [1.29, 1.82) is 0 Å². The van der Waals surface area contributed by atoms with Gasteiger partial charge in [0.1, 0.15) is 16.9 Å². The maximum atomic E-state index is 12.7. The Morgan fingerprint density at radius 3 is 2.96 bits per heavy atom. The van der Waals surface area contributed by atoms with Gasteiger partial charge in [-0.3, -0.25) is 9.78 Å². The number of hydrogen-bond donors (Lipinski definition) is 0. The van der Waals surface area contributed by atoms with E-state index in [9.17, 15) is 4.79 Å². The number of nitrogens with zero attached hydrogens (tertiary/aromatic N) is 3. The molecule has 0 saturated carbocycles. The Bertz CT molecular complexity index is 764. The topological polar surface area (TPSA) is 77.7 Å². The van der Waals surface area contributed by atoms with Gasteiger partial charge in [-0.2, -0.15) is 0 Å². The fraction of sp³-hybridized carbons (Fsp3) is 0.526. The number of carbonyl (C=O) groups is 1. The number of rotatable bonds is 4. The fourth-order valence-electron chi connectivity index (χ4n) is 3.78. The second-order valence-electron chi connectivity index (χ2n) is 7.18. The fourth-order valence-corrected chi connectivity index (χ4v) is 3.78. The summed E-state index contributed by atoms with van der Waals surface area (Å²) < 4.78 is 17.2. The zero-order valence-electron chi connectivity index (χ0n) is 15.1. The van der Waals surface area contributed by atoms with Gasteiger partial charge in [0.05, 0.1) is 31.5 Å². The van der Waals surface area contributed by atoms with E-state index in [0.29, 0.717) is 43.3 Å². The molecule has 2 aliphatic heterocycles. The third-order valence-electron chi connectivity index (χ3n) is 5.15. The zero-order valence-corrected chi connectivity index (χ0v) is 15.1. The standard InChI is InChI=1S/C19H23N3O4/c1-13-17(14(2)26-21-13)18(23)22-11-19(12-22)8-16(5-7-25-19)24-10-15-4-3-6-20-9-15/h3-4,6,9,16H,5,7-8,10-12H2,1-2H3.